The summed E-state index contributed by atoms with van der Waals surface area (Å²) in [5.74, 6) is 0.142. The molecule has 4 heteroatoms. The van der Waals surface area contributed by atoms with Gasteiger partial charge in [-0.05, 0) is 40.0 Å². The van der Waals surface area contributed by atoms with Gasteiger partial charge in [0.25, 0.3) is 0 Å². The molecule has 2 N–H and O–H groups in total. The quantitative estimate of drug-likeness (QED) is 0.776. The first-order chi connectivity index (χ1) is 7.94. The minimum absolute atomic E-state index is 0.0792. The summed E-state index contributed by atoms with van der Waals surface area (Å²) in [6.07, 6.45) is 4.50. The summed E-state index contributed by atoms with van der Waals surface area (Å²) in [5.41, 5.74) is 0.0792. The minimum Gasteiger partial charge on any atom is -0.373 e. The molecule has 2 fully saturated rings. The minimum atomic E-state index is 0.0792. The summed E-state index contributed by atoms with van der Waals surface area (Å²) < 4.78 is 5.71. The second kappa shape index (κ2) is 4.94. The van der Waals surface area contributed by atoms with Crippen LogP contribution in [0, 0.1) is 0 Å². The number of nitrogens with one attached hydrogen (secondary N) is 2. The van der Waals surface area contributed by atoms with Crippen LogP contribution in [0.2, 0.25) is 0 Å². The first kappa shape index (κ1) is 12.8. The Hall–Kier alpha value is -0.610. The smallest absolute Gasteiger partial charge is 0.221 e. The molecule has 2 saturated heterocycles. The van der Waals surface area contributed by atoms with Gasteiger partial charge in [-0.15, -0.1) is 0 Å². The van der Waals surface area contributed by atoms with Gasteiger partial charge in [0, 0.05) is 18.5 Å². The average Bonchev–Trinajstić information content (AvgIpc) is 2.76. The Morgan fingerprint density at radius 3 is 2.65 bits per heavy atom. The molecule has 0 saturated carbocycles. The normalized spacial score (nSPS) is 31.8. The standard InChI is InChI=1S/C13H24N2O2/c1-13(2,3)14-7-6-12(16)15-10-8-9-4-5-11(10)17-9/h9-11,14H,4-8H2,1-3H3,(H,15,16). The lowest BCUT2D eigenvalue weighted by Gasteiger charge is -2.22. The van der Waals surface area contributed by atoms with Crippen molar-refractivity contribution in [3.8, 4) is 0 Å². The fraction of sp³-hybridized carbons (Fsp3) is 0.923. The number of fused-ring (bicyclic) bond motifs is 2. The Kier molecular flexibility index (Phi) is 3.73. The molecule has 2 heterocycles. The van der Waals surface area contributed by atoms with Crippen LogP contribution in [0.4, 0.5) is 0 Å². The van der Waals surface area contributed by atoms with Gasteiger partial charge in [0.2, 0.25) is 5.91 Å². The maximum absolute atomic E-state index is 11.8. The van der Waals surface area contributed by atoms with Gasteiger partial charge in [-0.3, -0.25) is 4.79 Å². The van der Waals surface area contributed by atoms with Crippen molar-refractivity contribution in [2.45, 2.75) is 70.2 Å². The van der Waals surface area contributed by atoms with Gasteiger partial charge >= 0.3 is 0 Å². The molecular weight excluding hydrogens is 216 g/mol. The van der Waals surface area contributed by atoms with E-state index in [-0.39, 0.29) is 23.6 Å². The summed E-state index contributed by atoms with van der Waals surface area (Å²) >= 11 is 0. The van der Waals surface area contributed by atoms with Crippen LogP contribution in [0.25, 0.3) is 0 Å². The van der Waals surface area contributed by atoms with Gasteiger partial charge in [-0.25, -0.2) is 0 Å². The largest absolute Gasteiger partial charge is 0.373 e. The highest BCUT2D eigenvalue weighted by Crippen LogP contribution is 2.34. The highest BCUT2D eigenvalue weighted by atomic mass is 16.5. The SMILES string of the molecule is CC(C)(C)NCCC(=O)NC1CC2CCC1O2. The van der Waals surface area contributed by atoms with Crippen LogP contribution < -0.4 is 10.6 Å². The van der Waals surface area contributed by atoms with Crippen LogP contribution >= 0.6 is 0 Å². The molecule has 98 valence electrons. The van der Waals surface area contributed by atoms with Crippen molar-refractivity contribution in [2.75, 3.05) is 6.54 Å². The molecule has 3 atom stereocenters. The summed E-state index contributed by atoms with van der Waals surface area (Å²) in [7, 11) is 0. The monoisotopic (exact) mass is 240 g/mol. The van der Waals surface area contributed by atoms with E-state index in [0.29, 0.717) is 12.5 Å². The van der Waals surface area contributed by atoms with E-state index in [2.05, 4.69) is 31.4 Å². The Morgan fingerprint density at radius 2 is 2.12 bits per heavy atom. The molecule has 17 heavy (non-hydrogen) atoms. The molecule has 2 aliphatic heterocycles. The van der Waals surface area contributed by atoms with Crippen LogP contribution in [-0.4, -0.2) is 36.2 Å². The van der Waals surface area contributed by atoms with Crippen molar-refractivity contribution < 1.29 is 9.53 Å². The van der Waals surface area contributed by atoms with Crippen LogP contribution in [0.1, 0.15) is 46.5 Å². The molecule has 0 aromatic rings. The first-order valence-electron chi connectivity index (χ1n) is 6.64. The topological polar surface area (TPSA) is 50.4 Å². The Bertz CT molecular complexity index is 286. The van der Waals surface area contributed by atoms with Crippen molar-refractivity contribution in [2.24, 2.45) is 0 Å². The zero-order chi connectivity index (χ0) is 12.5. The van der Waals surface area contributed by atoms with E-state index in [0.717, 1.165) is 19.4 Å². The Morgan fingerprint density at radius 1 is 1.35 bits per heavy atom. The highest BCUT2D eigenvalue weighted by Gasteiger charge is 2.41. The molecule has 2 aliphatic rings. The molecular formula is C13H24N2O2. The number of carbonyl (C=O) groups excluding carboxylic acids is 1. The van der Waals surface area contributed by atoms with E-state index in [1.165, 1.54) is 6.42 Å². The number of amides is 1. The number of carbonyl (C=O) groups is 1. The molecule has 4 nitrogen and oxygen atoms in total. The Labute approximate surface area is 103 Å². The summed E-state index contributed by atoms with van der Waals surface area (Å²) in [6.45, 7) is 7.05. The van der Waals surface area contributed by atoms with Crippen LogP contribution in [-0.2, 0) is 9.53 Å². The second-order valence-corrected chi connectivity index (χ2v) is 6.21. The molecule has 3 unspecified atom stereocenters. The van der Waals surface area contributed by atoms with Gasteiger partial charge in [0.05, 0.1) is 18.2 Å². The summed E-state index contributed by atoms with van der Waals surface area (Å²) in [5, 5.41) is 6.41. The number of hydrogen-bond donors (Lipinski definition) is 2. The third-order valence-corrected chi connectivity index (χ3v) is 3.46. The van der Waals surface area contributed by atoms with Crippen LogP contribution in [0.3, 0.4) is 0 Å². The lowest BCUT2D eigenvalue weighted by atomic mass is 9.95. The molecule has 0 aliphatic carbocycles. The zero-order valence-corrected chi connectivity index (χ0v) is 11.1. The molecule has 0 aromatic carbocycles. The summed E-state index contributed by atoms with van der Waals surface area (Å²) in [4.78, 5) is 11.8. The van der Waals surface area contributed by atoms with E-state index < -0.39 is 0 Å². The summed E-state index contributed by atoms with van der Waals surface area (Å²) in [6, 6.07) is 0.260. The molecule has 2 bridgehead atoms. The fourth-order valence-corrected chi connectivity index (χ4v) is 2.62. The van der Waals surface area contributed by atoms with Crippen LogP contribution in [0.15, 0.2) is 0 Å². The number of ether oxygens (including phenoxy) is 1. The predicted molar refractivity (Wildman–Crippen MR) is 66.8 cm³/mol. The number of hydrogen-bond acceptors (Lipinski definition) is 3. The van der Waals surface area contributed by atoms with Crippen molar-refractivity contribution in [3.05, 3.63) is 0 Å². The van der Waals surface area contributed by atoms with Crippen molar-refractivity contribution >= 4 is 5.91 Å². The predicted octanol–water partition coefficient (Wildman–Crippen LogP) is 1.20. The molecule has 0 aromatic heterocycles. The lowest BCUT2D eigenvalue weighted by Crippen LogP contribution is -2.43. The maximum atomic E-state index is 11.8. The molecule has 2 rings (SSSR count). The fourth-order valence-electron chi connectivity index (χ4n) is 2.62. The third kappa shape index (κ3) is 3.68. The molecule has 0 spiro atoms. The molecule has 0 radical (unpaired) electrons. The maximum Gasteiger partial charge on any atom is 0.221 e. The molecule has 1 amide bonds. The average molecular weight is 240 g/mol. The van der Waals surface area contributed by atoms with Crippen molar-refractivity contribution in [1.82, 2.24) is 10.6 Å². The third-order valence-electron chi connectivity index (χ3n) is 3.46. The second-order valence-electron chi connectivity index (χ2n) is 6.21. The van der Waals surface area contributed by atoms with Crippen molar-refractivity contribution in [1.29, 1.82) is 0 Å². The lowest BCUT2D eigenvalue weighted by molar-refractivity contribution is -0.122. The first-order valence-corrected chi connectivity index (χ1v) is 6.64. The van der Waals surface area contributed by atoms with Gasteiger partial charge in [0.15, 0.2) is 0 Å². The van der Waals surface area contributed by atoms with E-state index >= 15 is 0 Å². The van der Waals surface area contributed by atoms with E-state index in [9.17, 15) is 4.79 Å². The number of rotatable bonds is 4. The van der Waals surface area contributed by atoms with E-state index in [1.54, 1.807) is 0 Å². The van der Waals surface area contributed by atoms with Gasteiger partial charge in [0.1, 0.15) is 0 Å². The zero-order valence-electron chi connectivity index (χ0n) is 11.1. The van der Waals surface area contributed by atoms with Crippen molar-refractivity contribution in [3.63, 3.8) is 0 Å². The van der Waals surface area contributed by atoms with Gasteiger partial charge < -0.3 is 15.4 Å². The van der Waals surface area contributed by atoms with E-state index in [1.807, 2.05) is 0 Å². The van der Waals surface area contributed by atoms with E-state index in [4.69, 9.17) is 4.74 Å². The van der Waals surface area contributed by atoms with Gasteiger partial charge in [-0.1, -0.05) is 0 Å². The van der Waals surface area contributed by atoms with Crippen LogP contribution in [0.5, 0.6) is 0 Å². The highest BCUT2D eigenvalue weighted by molar-refractivity contribution is 5.76. The Balaban J connectivity index is 1.64. The van der Waals surface area contributed by atoms with Gasteiger partial charge in [-0.2, -0.15) is 0 Å².